The van der Waals surface area contributed by atoms with Crippen molar-refractivity contribution in [2.24, 2.45) is 11.8 Å². The van der Waals surface area contributed by atoms with E-state index < -0.39 is 160 Å². The molecule has 3 aromatic carbocycles. The molecule has 8 atom stereocenters. The Hall–Kier alpha value is -8.37. The van der Waals surface area contributed by atoms with Gasteiger partial charge in [0.1, 0.15) is 12.2 Å². The summed E-state index contributed by atoms with van der Waals surface area (Å²) in [6.45, 7) is -0.774. The van der Waals surface area contributed by atoms with E-state index in [0.29, 0.717) is 0 Å². The molecule has 0 spiro atoms. The number of aromatic hydroxyl groups is 6. The van der Waals surface area contributed by atoms with E-state index in [1.807, 2.05) is 0 Å². The van der Waals surface area contributed by atoms with Crippen molar-refractivity contribution in [3.05, 3.63) is 115 Å². The molecule has 1 saturated heterocycles. The highest BCUT2D eigenvalue weighted by Crippen LogP contribution is 2.49. The van der Waals surface area contributed by atoms with Crippen LogP contribution in [0.3, 0.4) is 0 Å². The van der Waals surface area contributed by atoms with E-state index in [-0.39, 0.29) is 27.8 Å². The van der Waals surface area contributed by atoms with Crippen LogP contribution in [0.4, 0.5) is 0 Å². The molecular weight excluding hydrogens is 868 g/mol. The smallest absolute Gasteiger partial charge is 0.371 e. The number of aliphatic carboxylic acids is 3. The Labute approximate surface area is 362 Å². The first-order valence-electron chi connectivity index (χ1n) is 19.0. The Bertz CT molecular complexity index is 2820. The summed E-state index contributed by atoms with van der Waals surface area (Å²) in [6.07, 6.45) is -7.11. The maximum Gasteiger partial charge on any atom is 0.371 e. The lowest BCUT2D eigenvalue weighted by molar-refractivity contribution is -0.219. The van der Waals surface area contributed by atoms with Crippen LogP contribution in [0.2, 0.25) is 0 Å². The molecular formula is C43H34O22. The summed E-state index contributed by atoms with van der Waals surface area (Å²) in [5.41, 5.74) is -3.83. The second kappa shape index (κ2) is 17.1. The third-order valence-electron chi connectivity index (χ3n) is 11.2. The van der Waals surface area contributed by atoms with Crippen LogP contribution in [0, 0.1) is 11.8 Å². The van der Waals surface area contributed by atoms with Gasteiger partial charge in [-0.3, -0.25) is 14.4 Å². The Morgan fingerprint density at radius 2 is 1.11 bits per heavy atom. The summed E-state index contributed by atoms with van der Waals surface area (Å²) in [6, 6.07) is 8.72. The van der Waals surface area contributed by atoms with Crippen LogP contribution in [0.25, 0.3) is 12.2 Å². The summed E-state index contributed by atoms with van der Waals surface area (Å²) in [4.78, 5) is 91.6. The van der Waals surface area contributed by atoms with Crippen LogP contribution in [-0.2, 0) is 38.2 Å². The van der Waals surface area contributed by atoms with Gasteiger partial charge in [0.05, 0.1) is 36.0 Å². The lowest BCUT2D eigenvalue weighted by atomic mass is 9.71. The molecule has 0 bridgehead atoms. The maximum absolute atomic E-state index is 14.4. The summed E-state index contributed by atoms with van der Waals surface area (Å²) in [5, 5.41) is 113. The SMILES string of the molecule is O=C(O)C[C@@H]1OC[C@H](O)[C@H](OC(=O)C2=Cc3cc(O)c(O)cc3[C@H](c3ccc(C(=O)O)oc3=O)[C@H]2C(=O)O)[C@H]1OC(=O)C1=Cc2cc(O)c(O)cc2[C@@H](c2ccc(O)c(O)c2)[C@@H]1C(=O)O. The molecule has 65 heavy (non-hydrogen) atoms. The van der Waals surface area contributed by atoms with Gasteiger partial charge in [0, 0.05) is 17.4 Å². The second-order valence-electron chi connectivity index (χ2n) is 15.1. The number of aliphatic hydroxyl groups is 1. The number of carboxylic acids is 4. The molecule has 2 heterocycles. The molecule has 0 unspecified atom stereocenters. The number of benzene rings is 3. The number of ether oxygens (including phenoxy) is 3. The summed E-state index contributed by atoms with van der Waals surface area (Å²) in [5.74, 6) is -22.3. The van der Waals surface area contributed by atoms with Crippen LogP contribution >= 0.6 is 0 Å². The number of carbonyl (C=O) groups is 6. The van der Waals surface area contributed by atoms with Crippen molar-refractivity contribution in [1.29, 1.82) is 0 Å². The van der Waals surface area contributed by atoms with Crippen LogP contribution < -0.4 is 5.63 Å². The monoisotopic (exact) mass is 902 g/mol. The number of aromatic carboxylic acids is 1. The van der Waals surface area contributed by atoms with Crippen LogP contribution in [0.15, 0.2) is 75.0 Å². The number of phenols is 6. The molecule has 0 saturated carbocycles. The zero-order valence-electron chi connectivity index (χ0n) is 32.8. The molecule has 4 aromatic rings. The topological polar surface area (TPSA) is 383 Å². The molecule has 1 fully saturated rings. The van der Waals surface area contributed by atoms with Crippen molar-refractivity contribution in [2.75, 3.05) is 6.61 Å². The highest BCUT2D eigenvalue weighted by atomic mass is 16.6. The Morgan fingerprint density at radius 1 is 0.600 bits per heavy atom. The second-order valence-corrected chi connectivity index (χ2v) is 15.1. The lowest BCUT2D eigenvalue weighted by Crippen LogP contribution is -2.57. The summed E-state index contributed by atoms with van der Waals surface area (Å²) >= 11 is 0. The van der Waals surface area contributed by atoms with Gasteiger partial charge in [0.25, 0.3) is 0 Å². The first-order valence-corrected chi connectivity index (χ1v) is 19.0. The van der Waals surface area contributed by atoms with Gasteiger partial charge in [-0.1, -0.05) is 6.07 Å². The molecule has 0 amide bonds. The van der Waals surface area contributed by atoms with Crippen molar-refractivity contribution >= 4 is 48.0 Å². The quantitative estimate of drug-likeness (QED) is 0.0755. The van der Waals surface area contributed by atoms with E-state index in [4.69, 9.17) is 18.6 Å². The van der Waals surface area contributed by atoms with Crippen molar-refractivity contribution in [2.45, 2.75) is 42.7 Å². The average Bonchev–Trinajstić information content (AvgIpc) is 3.23. The normalized spacial score (nSPS) is 23.4. The van der Waals surface area contributed by atoms with Crippen molar-refractivity contribution < 1.29 is 104 Å². The van der Waals surface area contributed by atoms with E-state index in [1.165, 1.54) is 6.07 Å². The Kier molecular flexibility index (Phi) is 11.7. The Balaban J connectivity index is 1.30. The summed E-state index contributed by atoms with van der Waals surface area (Å²) < 4.78 is 21.7. The van der Waals surface area contributed by atoms with Gasteiger partial charge in [0.15, 0.2) is 46.7 Å². The minimum atomic E-state index is -2.14. The number of esters is 2. The van der Waals surface area contributed by atoms with E-state index in [9.17, 15) is 89.7 Å². The number of hydrogen-bond acceptors (Lipinski definition) is 18. The molecule has 22 heteroatoms. The van der Waals surface area contributed by atoms with Gasteiger partial charge in [-0.25, -0.2) is 19.2 Å². The third kappa shape index (κ3) is 8.33. The molecule has 338 valence electrons. The molecule has 11 N–H and O–H groups in total. The minimum absolute atomic E-state index is 0.00840. The fourth-order valence-electron chi connectivity index (χ4n) is 8.25. The van der Waals surface area contributed by atoms with Gasteiger partial charge in [-0.2, -0.15) is 0 Å². The molecule has 22 nitrogen and oxygen atoms in total. The van der Waals surface area contributed by atoms with Crippen molar-refractivity contribution in [3.63, 3.8) is 0 Å². The van der Waals surface area contributed by atoms with Crippen LogP contribution in [0.1, 0.15) is 62.2 Å². The number of rotatable bonds is 11. The molecule has 1 aliphatic heterocycles. The third-order valence-corrected chi connectivity index (χ3v) is 11.2. The van der Waals surface area contributed by atoms with Crippen molar-refractivity contribution in [1.82, 2.24) is 0 Å². The lowest BCUT2D eigenvalue weighted by Gasteiger charge is -2.40. The largest absolute Gasteiger partial charge is 0.504 e. The Morgan fingerprint density at radius 3 is 1.62 bits per heavy atom. The van der Waals surface area contributed by atoms with Gasteiger partial charge in [0.2, 0.25) is 5.76 Å². The van der Waals surface area contributed by atoms with Crippen LogP contribution in [-0.4, -0.2) is 123 Å². The molecule has 1 aromatic heterocycles. The standard InChI is InChI=1S/C43H34O22/c44-22-3-1-14(7-23(22)45)32-18-10-26(48)24(46)8-15(18)5-20(34(32)39(55)56)43(61)65-37-30(12-31(51)52)62-13-28(50)36(37)64-42(60)21-6-16-9-25(47)27(49)11-19(16)33(35(21)40(57)58)17-2-4-29(38(53)54)63-41(17)59/h1-11,28,30,32-37,44-50H,12-13H2,(H,51,52)(H,53,54)(H,55,56)(H,57,58)/t28-,30-,32+,33-,34+,35-,36-,37-/m0/s1. The summed E-state index contributed by atoms with van der Waals surface area (Å²) in [7, 11) is 0. The number of hydrogen-bond donors (Lipinski definition) is 11. The molecule has 7 rings (SSSR count). The van der Waals surface area contributed by atoms with Gasteiger partial charge in [-0.15, -0.1) is 0 Å². The molecule has 2 aliphatic carbocycles. The van der Waals surface area contributed by atoms with E-state index in [1.54, 1.807) is 0 Å². The fourth-order valence-corrected chi connectivity index (χ4v) is 8.25. The highest BCUT2D eigenvalue weighted by molar-refractivity contribution is 6.03. The highest BCUT2D eigenvalue weighted by Gasteiger charge is 2.50. The van der Waals surface area contributed by atoms with E-state index >= 15 is 0 Å². The average molecular weight is 903 g/mol. The predicted octanol–water partition coefficient (Wildman–Crippen LogP) is 1.79. The number of carboxylic acid groups (broad SMARTS) is 4. The van der Waals surface area contributed by atoms with E-state index in [2.05, 4.69) is 0 Å². The minimum Gasteiger partial charge on any atom is -0.504 e. The zero-order chi connectivity index (χ0) is 47.3. The number of fused-ring (bicyclic) bond motifs is 2. The van der Waals surface area contributed by atoms with Crippen LogP contribution in [0.5, 0.6) is 34.5 Å². The zero-order valence-corrected chi connectivity index (χ0v) is 32.8. The predicted molar refractivity (Wildman–Crippen MR) is 211 cm³/mol. The molecule has 0 radical (unpaired) electrons. The van der Waals surface area contributed by atoms with Gasteiger partial charge < -0.3 is 74.8 Å². The van der Waals surface area contributed by atoms with Gasteiger partial charge in [-0.05, 0) is 88.5 Å². The van der Waals surface area contributed by atoms with Crippen molar-refractivity contribution in [3.8, 4) is 34.5 Å². The number of aliphatic hydroxyl groups excluding tert-OH is 1. The maximum atomic E-state index is 14.4. The first kappa shape index (κ1) is 44.7. The molecule has 3 aliphatic rings. The fraction of sp³-hybridized carbons (Fsp3) is 0.233. The number of phenolic OH excluding ortho intramolecular Hbond substituents is 6. The first-order chi connectivity index (χ1) is 30.7. The van der Waals surface area contributed by atoms with E-state index in [0.717, 1.165) is 60.7 Å². The number of carbonyl (C=O) groups excluding carboxylic acids is 2. The van der Waals surface area contributed by atoms with Gasteiger partial charge >= 0.3 is 41.4 Å².